The van der Waals surface area contributed by atoms with Crippen LogP contribution in [0.1, 0.15) is 30.0 Å². The Labute approximate surface area is 146 Å². The highest BCUT2D eigenvalue weighted by Crippen LogP contribution is 2.29. The minimum absolute atomic E-state index is 0.00866. The Balaban J connectivity index is 1.66. The molecule has 0 radical (unpaired) electrons. The molecular formula is C17H19Cl2N3O. The fraction of sp³-hybridized carbons (Fsp3) is 0.412. The molecule has 1 aromatic heterocycles. The maximum Gasteiger partial charge on any atom is 0.127 e. The van der Waals surface area contributed by atoms with E-state index in [1.807, 2.05) is 30.6 Å². The number of benzene rings is 1. The van der Waals surface area contributed by atoms with E-state index in [4.69, 9.17) is 27.9 Å². The topological polar surface area (TPSA) is 38.2 Å². The van der Waals surface area contributed by atoms with Crippen molar-refractivity contribution in [3.05, 3.63) is 57.6 Å². The second kappa shape index (κ2) is 7.58. The first kappa shape index (κ1) is 16.7. The molecule has 1 fully saturated rings. The molecule has 0 unspecified atom stereocenters. The SMILES string of the molecule is CCc1ncc(CN2CCO[C@H](c3ccc(Cl)c(Cl)c3)C2)cn1. The summed E-state index contributed by atoms with van der Waals surface area (Å²) in [6.07, 6.45) is 4.69. The minimum Gasteiger partial charge on any atom is -0.371 e. The molecule has 3 rings (SSSR count). The monoisotopic (exact) mass is 351 g/mol. The molecule has 1 atom stereocenters. The first-order chi connectivity index (χ1) is 11.2. The highest BCUT2D eigenvalue weighted by molar-refractivity contribution is 6.42. The smallest absolute Gasteiger partial charge is 0.127 e. The van der Waals surface area contributed by atoms with Crippen LogP contribution in [0.2, 0.25) is 10.0 Å². The number of nitrogens with zero attached hydrogens (tertiary/aromatic N) is 3. The lowest BCUT2D eigenvalue weighted by molar-refractivity contribution is -0.0329. The number of morpholine rings is 1. The third-order valence-corrected chi connectivity index (χ3v) is 4.69. The van der Waals surface area contributed by atoms with E-state index in [0.717, 1.165) is 43.0 Å². The van der Waals surface area contributed by atoms with Crippen LogP contribution in [0, 0.1) is 0 Å². The maximum absolute atomic E-state index is 6.11. The summed E-state index contributed by atoms with van der Waals surface area (Å²) in [6, 6.07) is 5.68. The summed E-state index contributed by atoms with van der Waals surface area (Å²) in [4.78, 5) is 11.1. The third kappa shape index (κ3) is 4.21. The third-order valence-electron chi connectivity index (χ3n) is 3.95. The average Bonchev–Trinajstić information content (AvgIpc) is 2.58. The van der Waals surface area contributed by atoms with Gasteiger partial charge in [-0.15, -0.1) is 0 Å². The quantitative estimate of drug-likeness (QED) is 0.836. The van der Waals surface area contributed by atoms with Gasteiger partial charge in [0.25, 0.3) is 0 Å². The molecule has 0 N–H and O–H groups in total. The molecule has 2 aromatic rings. The fourth-order valence-electron chi connectivity index (χ4n) is 2.66. The van der Waals surface area contributed by atoms with E-state index in [0.29, 0.717) is 16.7 Å². The zero-order valence-corrected chi connectivity index (χ0v) is 14.5. The molecule has 23 heavy (non-hydrogen) atoms. The predicted molar refractivity (Wildman–Crippen MR) is 91.8 cm³/mol. The van der Waals surface area contributed by atoms with Gasteiger partial charge in [0.1, 0.15) is 5.82 Å². The van der Waals surface area contributed by atoms with Crippen LogP contribution >= 0.6 is 23.2 Å². The highest BCUT2D eigenvalue weighted by atomic mass is 35.5. The zero-order valence-electron chi connectivity index (χ0n) is 13.0. The van der Waals surface area contributed by atoms with Gasteiger partial charge in [-0.25, -0.2) is 9.97 Å². The number of hydrogen-bond acceptors (Lipinski definition) is 4. The second-order valence-electron chi connectivity index (χ2n) is 5.63. The van der Waals surface area contributed by atoms with Crippen molar-refractivity contribution >= 4 is 23.2 Å². The Morgan fingerprint density at radius 2 is 2.00 bits per heavy atom. The zero-order chi connectivity index (χ0) is 16.2. The normalized spacial score (nSPS) is 19.0. The van der Waals surface area contributed by atoms with Gasteiger partial charge in [0.15, 0.2) is 0 Å². The van der Waals surface area contributed by atoms with Crippen molar-refractivity contribution in [2.45, 2.75) is 26.0 Å². The number of rotatable bonds is 4. The lowest BCUT2D eigenvalue weighted by Crippen LogP contribution is -2.37. The summed E-state index contributed by atoms with van der Waals surface area (Å²) in [6.45, 7) is 5.28. The van der Waals surface area contributed by atoms with E-state index in [9.17, 15) is 0 Å². The van der Waals surface area contributed by atoms with E-state index in [-0.39, 0.29) is 6.10 Å². The minimum atomic E-state index is 0.00866. The first-order valence-electron chi connectivity index (χ1n) is 7.74. The summed E-state index contributed by atoms with van der Waals surface area (Å²) in [7, 11) is 0. The van der Waals surface area contributed by atoms with Crippen molar-refractivity contribution in [1.82, 2.24) is 14.9 Å². The van der Waals surface area contributed by atoms with Gasteiger partial charge in [-0.3, -0.25) is 4.90 Å². The lowest BCUT2D eigenvalue weighted by Gasteiger charge is -2.33. The molecule has 1 aliphatic heterocycles. The number of halogens is 2. The molecule has 0 aliphatic carbocycles. The molecule has 0 bridgehead atoms. The van der Waals surface area contributed by atoms with Crippen LogP contribution in [-0.2, 0) is 17.7 Å². The Morgan fingerprint density at radius 1 is 1.22 bits per heavy atom. The van der Waals surface area contributed by atoms with E-state index in [1.54, 1.807) is 0 Å². The number of aryl methyl sites for hydroxylation is 1. The summed E-state index contributed by atoms with van der Waals surface area (Å²) >= 11 is 12.1. The Bertz CT molecular complexity index is 663. The maximum atomic E-state index is 6.11. The summed E-state index contributed by atoms with van der Waals surface area (Å²) in [5.74, 6) is 0.879. The molecule has 0 spiro atoms. The standard InChI is InChI=1S/C17H19Cl2N3O/c1-2-17-20-8-12(9-21-17)10-22-5-6-23-16(11-22)13-3-4-14(18)15(19)7-13/h3-4,7-9,16H,2,5-6,10-11H2,1H3/t16-/m0/s1. The van der Waals surface area contributed by atoms with E-state index >= 15 is 0 Å². The van der Waals surface area contributed by atoms with E-state index < -0.39 is 0 Å². The van der Waals surface area contributed by atoms with Crippen LogP contribution in [0.4, 0.5) is 0 Å². The molecule has 6 heteroatoms. The molecule has 1 aliphatic rings. The molecule has 4 nitrogen and oxygen atoms in total. The van der Waals surface area contributed by atoms with Crippen molar-refractivity contribution in [2.24, 2.45) is 0 Å². The molecule has 0 saturated carbocycles. The van der Waals surface area contributed by atoms with E-state index in [2.05, 4.69) is 21.8 Å². The van der Waals surface area contributed by atoms with Crippen molar-refractivity contribution in [2.75, 3.05) is 19.7 Å². The van der Waals surface area contributed by atoms with Gasteiger partial charge in [0, 0.05) is 44.0 Å². The van der Waals surface area contributed by atoms with Crippen molar-refractivity contribution < 1.29 is 4.74 Å². The molecule has 122 valence electrons. The summed E-state index contributed by atoms with van der Waals surface area (Å²) < 4.78 is 5.89. The second-order valence-corrected chi connectivity index (χ2v) is 6.44. The average molecular weight is 352 g/mol. The van der Waals surface area contributed by atoms with Crippen LogP contribution in [0.5, 0.6) is 0 Å². The van der Waals surface area contributed by atoms with E-state index in [1.165, 1.54) is 0 Å². The molecule has 2 heterocycles. The fourth-order valence-corrected chi connectivity index (χ4v) is 2.97. The molecule has 1 aromatic carbocycles. The predicted octanol–water partition coefficient (Wildman–Crippen LogP) is 3.92. The largest absolute Gasteiger partial charge is 0.371 e. The molecule has 0 amide bonds. The summed E-state index contributed by atoms with van der Waals surface area (Å²) in [5.41, 5.74) is 2.18. The molecular weight excluding hydrogens is 333 g/mol. The number of ether oxygens (including phenoxy) is 1. The summed E-state index contributed by atoms with van der Waals surface area (Å²) in [5, 5.41) is 1.13. The van der Waals surface area contributed by atoms with Gasteiger partial charge < -0.3 is 4.74 Å². The first-order valence-corrected chi connectivity index (χ1v) is 8.50. The van der Waals surface area contributed by atoms with Crippen LogP contribution < -0.4 is 0 Å². The lowest BCUT2D eigenvalue weighted by atomic mass is 10.1. The van der Waals surface area contributed by atoms with Gasteiger partial charge in [-0.05, 0) is 17.7 Å². The highest BCUT2D eigenvalue weighted by Gasteiger charge is 2.22. The van der Waals surface area contributed by atoms with Crippen LogP contribution in [-0.4, -0.2) is 34.6 Å². The van der Waals surface area contributed by atoms with Gasteiger partial charge >= 0.3 is 0 Å². The van der Waals surface area contributed by atoms with Crippen LogP contribution in [0.25, 0.3) is 0 Å². The van der Waals surface area contributed by atoms with Crippen LogP contribution in [0.15, 0.2) is 30.6 Å². The number of hydrogen-bond donors (Lipinski definition) is 0. The van der Waals surface area contributed by atoms with Crippen molar-refractivity contribution in [3.63, 3.8) is 0 Å². The molecule has 1 saturated heterocycles. The van der Waals surface area contributed by atoms with Gasteiger partial charge in [0.05, 0.1) is 22.8 Å². The van der Waals surface area contributed by atoms with Crippen LogP contribution in [0.3, 0.4) is 0 Å². The van der Waals surface area contributed by atoms with Crippen molar-refractivity contribution in [3.8, 4) is 0 Å². The van der Waals surface area contributed by atoms with Gasteiger partial charge in [0.2, 0.25) is 0 Å². The van der Waals surface area contributed by atoms with Crippen molar-refractivity contribution in [1.29, 1.82) is 0 Å². The Hall–Kier alpha value is -1.20. The number of aromatic nitrogens is 2. The Morgan fingerprint density at radius 3 is 2.70 bits per heavy atom. The Kier molecular flexibility index (Phi) is 5.49. The van der Waals surface area contributed by atoms with Gasteiger partial charge in [-0.2, -0.15) is 0 Å². The van der Waals surface area contributed by atoms with Gasteiger partial charge in [-0.1, -0.05) is 36.2 Å².